The summed E-state index contributed by atoms with van der Waals surface area (Å²) in [5, 5.41) is 3.43. The van der Waals surface area contributed by atoms with Crippen molar-refractivity contribution in [3.05, 3.63) is 124 Å². The number of methoxy groups -OCH3 is 1. The Morgan fingerprint density at radius 2 is 1.60 bits per heavy atom. The number of amides is 1. The fourth-order valence-electron chi connectivity index (χ4n) is 5.04. The van der Waals surface area contributed by atoms with Gasteiger partial charge in [0.25, 0.3) is 17.3 Å². The highest BCUT2D eigenvalue weighted by molar-refractivity contribution is 6.30. The first-order valence-corrected chi connectivity index (χ1v) is 13.8. The molecule has 5 aromatic rings. The van der Waals surface area contributed by atoms with Gasteiger partial charge < -0.3 is 15.0 Å². The molecule has 9 heteroatoms. The van der Waals surface area contributed by atoms with E-state index >= 15 is 0 Å². The predicted molar refractivity (Wildman–Crippen MR) is 167 cm³/mol. The average molecular weight is 577 g/mol. The zero-order valence-corrected chi connectivity index (χ0v) is 23.5. The minimum absolute atomic E-state index is 0.106. The predicted octanol–water partition coefficient (Wildman–Crippen LogP) is 6.78. The summed E-state index contributed by atoms with van der Waals surface area (Å²) >= 11 is 6.25. The number of carbonyl (C=O) groups is 1. The highest BCUT2D eigenvalue weighted by Gasteiger charge is 2.45. The number of carbonyl (C=O) groups excluding carboxylic acids is 1. The van der Waals surface area contributed by atoms with E-state index in [4.69, 9.17) is 21.3 Å². The van der Waals surface area contributed by atoms with Crippen LogP contribution in [0.25, 0.3) is 22.5 Å². The zero-order valence-electron chi connectivity index (χ0n) is 22.8. The Morgan fingerprint density at radius 3 is 2.33 bits per heavy atom. The fourth-order valence-corrected chi connectivity index (χ4v) is 5.17. The normalized spacial score (nSPS) is 15.4. The molecular formula is C33H27ClN5O3+. The standard InChI is InChI=1S/C33H26ClN5O3/c1-42-19-18-35-32(40)25-8-5-9-28(20-25)39(27-16-14-26(34)15-17-27)21-36-29-31(39)37-30(38-33(29)41)24-12-10-23(11-13-24)22-6-3-2-4-7-22/h2-17,20-21H,18-19H2,1H3,(H-,35,37,38,40,41)/p+1. The van der Waals surface area contributed by atoms with Gasteiger partial charge in [-0.25, -0.2) is 0 Å². The lowest BCUT2D eigenvalue weighted by atomic mass is 10.0. The number of rotatable bonds is 8. The summed E-state index contributed by atoms with van der Waals surface area (Å²) in [6.45, 7) is 0.780. The van der Waals surface area contributed by atoms with Gasteiger partial charge in [0.15, 0.2) is 5.69 Å². The maximum absolute atomic E-state index is 13.4. The van der Waals surface area contributed by atoms with Crippen LogP contribution in [-0.4, -0.2) is 42.5 Å². The number of aromatic nitrogens is 2. The second-order valence-electron chi connectivity index (χ2n) is 9.77. The molecule has 4 aromatic carbocycles. The zero-order chi connectivity index (χ0) is 29.1. The molecule has 1 aliphatic heterocycles. The first kappa shape index (κ1) is 27.3. The van der Waals surface area contributed by atoms with E-state index < -0.39 is 0 Å². The Balaban J connectivity index is 1.48. The second-order valence-corrected chi connectivity index (χ2v) is 10.2. The molecule has 1 amide bonds. The van der Waals surface area contributed by atoms with Gasteiger partial charge in [-0.05, 0) is 29.3 Å². The molecule has 1 aliphatic rings. The van der Waals surface area contributed by atoms with Crippen LogP contribution in [0.4, 0.5) is 22.9 Å². The number of aliphatic imine (C=N–C) groups is 1. The lowest BCUT2D eigenvalue weighted by molar-refractivity contribution is 0.0937. The number of aromatic amines is 1. The van der Waals surface area contributed by atoms with Crippen LogP contribution in [0.2, 0.25) is 5.02 Å². The van der Waals surface area contributed by atoms with Gasteiger partial charge in [-0.3, -0.25) is 9.59 Å². The number of ether oxygens (including phenoxy) is 1. The van der Waals surface area contributed by atoms with Crippen molar-refractivity contribution in [3.8, 4) is 22.5 Å². The Morgan fingerprint density at radius 1 is 0.881 bits per heavy atom. The molecule has 6 rings (SSSR count). The number of nitrogens with zero attached hydrogens (tertiary/aromatic N) is 3. The van der Waals surface area contributed by atoms with Crippen molar-refractivity contribution in [2.24, 2.45) is 4.99 Å². The number of benzene rings is 4. The fraction of sp³-hybridized carbons (Fsp3) is 0.0909. The third-order valence-electron chi connectivity index (χ3n) is 7.18. The number of H-pyrrole nitrogens is 1. The van der Waals surface area contributed by atoms with E-state index in [2.05, 4.69) is 15.3 Å². The second kappa shape index (κ2) is 11.5. The van der Waals surface area contributed by atoms with Crippen LogP contribution in [0.5, 0.6) is 0 Å². The number of fused-ring (bicyclic) bond motifs is 1. The summed E-state index contributed by atoms with van der Waals surface area (Å²) < 4.78 is 4.95. The van der Waals surface area contributed by atoms with E-state index in [0.29, 0.717) is 41.1 Å². The van der Waals surface area contributed by atoms with Crippen LogP contribution in [0, 0.1) is 0 Å². The number of hydrogen-bond acceptors (Lipinski definition) is 5. The van der Waals surface area contributed by atoms with Crippen molar-refractivity contribution in [3.63, 3.8) is 0 Å². The van der Waals surface area contributed by atoms with Crippen LogP contribution < -0.4 is 15.4 Å². The number of halogens is 1. The molecular weight excluding hydrogens is 550 g/mol. The molecule has 1 atom stereocenters. The van der Waals surface area contributed by atoms with Gasteiger partial charge in [-0.2, -0.15) is 14.5 Å². The lowest BCUT2D eigenvalue weighted by Gasteiger charge is -2.29. The Labute approximate surface area is 247 Å². The first-order chi connectivity index (χ1) is 20.5. The maximum atomic E-state index is 13.4. The molecule has 0 fully saturated rings. The molecule has 2 heterocycles. The summed E-state index contributed by atoms with van der Waals surface area (Å²) in [5.74, 6) is 0.589. The molecule has 0 aliphatic carbocycles. The molecule has 42 heavy (non-hydrogen) atoms. The van der Waals surface area contributed by atoms with Gasteiger partial charge in [0.1, 0.15) is 11.5 Å². The molecule has 0 radical (unpaired) electrons. The van der Waals surface area contributed by atoms with Crippen molar-refractivity contribution in [2.45, 2.75) is 0 Å². The number of nitrogens with one attached hydrogen (secondary N) is 2. The van der Waals surface area contributed by atoms with E-state index in [0.717, 1.165) is 22.4 Å². The molecule has 2 N–H and O–H groups in total. The summed E-state index contributed by atoms with van der Waals surface area (Å²) in [6, 6.07) is 32.4. The molecule has 0 spiro atoms. The Kier molecular flexibility index (Phi) is 7.50. The molecule has 8 nitrogen and oxygen atoms in total. The minimum atomic E-state index is -0.360. The van der Waals surface area contributed by atoms with Crippen molar-refractivity contribution >= 4 is 46.7 Å². The van der Waals surface area contributed by atoms with Crippen molar-refractivity contribution in [2.75, 3.05) is 20.3 Å². The van der Waals surface area contributed by atoms with Crippen LogP contribution in [0.3, 0.4) is 0 Å². The van der Waals surface area contributed by atoms with E-state index in [1.165, 1.54) is 0 Å². The van der Waals surface area contributed by atoms with Crippen LogP contribution in [-0.2, 0) is 4.74 Å². The molecule has 1 aromatic heterocycles. The van der Waals surface area contributed by atoms with Gasteiger partial charge in [0.05, 0.1) is 6.61 Å². The minimum Gasteiger partial charge on any atom is -0.383 e. The SMILES string of the molecule is COCCNC(=O)c1cccc([N+]2(c3ccc(Cl)cc3)C=Nc3c2nc(-c2ccc(-c4ccccc4)cc2)[nH]c3=O)c1. The summed E-state index contributed by atoms with van der Waals surface area (Å²) in [7, 11) is 1.58. The molecule has 208 valence electrons. The topological polar surface area (TPSA) is 96.4 Å². The van der Waals surface area contributed by atoms with E-state index in [9.17, 15) is 9.59 Å². The van der Waals surface area contributed by atoms with E-state index in [-0.39, 0.29) is 21.6 Å². The third kappa shape index (κ3) is 5.03. The number of quaternary nitrogens is 1. The number of hydrogen-bond donors (Lipinski definition) is 2. The van der Waals surface area contributed by atoms with E-state index in [1.54, 1.807) is 43.8 Å². The molecule has 0 bridgehead atoms. The quantitative estimate of drug-likeness (QED) is 0.157. The maximum Gasteiger partial charge on any atom is 0.283 e. The van der Waals surface area contributed by atoms with Gasteiger partial charge in [0, 0.05) is 54.1 Å². The third-order valence-corrected chi connectivity index (χ3v) is 7.43. The monoisotopic (exact) mass is 576 g/mol. The van der Waals surface area contributed by atoms with Crippen LogP contribution >= 0.6 is 11.6 Å². The van der Waals surface area contributed by atoms with Gasteiger partial charge in [-0.15, -0.1) is 0 Å². The van der Waals surface area contributed by atoms with Crippen LogP contribution in [0.1, 0.15) is 10.4 Å². The van der Waals surface area contributed by atoms with Crippen molar-refractivity contribution < 1.29 is 9.53 Å². The smallest absolute Gasteiger partial charge is 0.283 e. The Bertz CT molecular complexity index is 1840. The van der Waals surface area contributed by atoms with Crippen molar-refractivity contribution in [1.82, 2.24) is 19.8 Å². The average Bonchev–Trinajstić information content (AvgIpc) is 3.43. The lowest BCUT2D eigenvalue weighted by Crippen LogP contribution is -2.37. The highest BCUT2D eigenvalue weighted by atomic mass is 35.5. The van der Waals surface area contributed by atoms with Crippen molar-refractivity contribution in [1.29, 1.82) is 0 Å². The van der Waals surface area contributed by atoms with Gasteiger partial charge in [0.2, 0.25) is 12.0 Å². The van der Waals surface area contributed by atoms with Gasteiger partial charge in [-0.1, -0.05) is 72.3 Å². The molecule has 0 saturated heterocycles. The molecule has 0 saturated carbocycles. The van der Waals surface area contributed by atoms with Gasteiger partial charge >= 0.3 is 0 Å². The highest BCUT2D eigenvalue weighted by Crippen LogP contribution is 2.48. The Hall–Kier alpha value is -4.89. The molecule has 1 unspecified atom stereocenters. The summed E-state index contributed by atoms with van der Waals surface area (Å²) in [6.07, 6.45) is 1.67. The summed E-state index contributed by atoms with van der Waals surface area (Å²) in [5.41, 5.74) is 4.63. The summed E-state index contributed by atoms with van der Waals surface area (Å²) in [4.78, 5) is 38.8. The van der Waals surface area contributed by atoms with Crippen LogP contribution in [0.15, 0.2) is 113 Å². The first-order valence-electron chi connectivity index (χ1n) is 13.4. The largest absolute Gasteiger partial charge is 0.383 e. The van der Waals surface area contributed by atoms with E-state index in [1.807, 2.05) is 72.8 Å².